The van der Waals surface area contributed by atoms with E-state index in [4.69, 9.17) is 0 Å². The SMILES string of the molecule is [CH]1CN2CCN=C2N1. The molecule has 0 atom stereocenters. The zero-order valence-electron chi connectivity index (χ0n) is 4.59. The predicted molar refractivity (Wildman–Crippen MR) is 31.3 cm³/mol. The molecule has 2 rings (SSSR count). The fourth-order valence-electron chi connectivity index (χ4n) is 1.04. The van der Waals surface area contributed by atoms with Crippen molar-refractivity contribution in [3.8, 4) is 0 Å². The van der Waals surface area contributed by atoms with Gasteiger partial charge in [-0.1, -0.05) is 0 Å². The summed E-state index contributed by atoms with van der Waals surface area (Å²) in [4.78, 5) is 6.42. The monoisotopic (exact) mass is 110 g/mol. The zero-order valence-corrected chi connectivity index (χ0v) is 4.59. The Bertz CT molecular complexity index is 130. The Hall–Kier alpha value is -0.730. The van der Waals surface area contributed by atoms with Crippen molar-refractivity contribution in [2.45, 2.75) is 0 Å². The second-order valence-corrected chi connectivity index (χ2v) is 2.00. The van der Waals surface area contributed by atoms with Gasteiger partial charge in [0.1, 0.15) is 0 Å². The molecular formula is C5H8N3. The van der Waals surface area contributed by atoms with E-state index < -0.39 is 0 Å². The van der Waals surface area contributed by atoms with E-state index in [2.05, 4.69) is 15.2 Å². The van der Waals surface area contributed by atoms with Crippen LogP contribution in [0, 0.1) is 6.54 Å². The van der Waals surface area contributed by atoms with Crippen LogP contribution in [-0.4, -0.2) is 30.5 Å². The van der Waals surface area contributed by atoms with Crippen molar-refractivity contribution in [3.05, 3.63) is 6.54 Å². The number of fused-ring (bicyclic) bond motifs is 1. The molecule has 1 fully saturated rings. The standard InChI is InChI=1S/C5H8N3/c1-3-8-4-2-7-5(8)6-1/h1H,2-4H2,(H,6,7). The third kappa shape index (κ3) is 0.412. The Morgan fingerprint density at radius 3 is 3.62 bits per heavy atom. The molecule has 0 aromatic carbocycles. The molecule has 0 unspecified atom stereocenters. The highest BCUT2D eigenvalue weighted by molar-refractivity contribution is 5.84. The van der Waals surface area contributed by atoms with Crippen LogP contribution in [0.25, 0.3) is 0 Å². The van der Waals surface area contributed by atoms with Crippen LogP contribution in [0.1, 0.15) is 0 Å². The first kappa shape index (κ1) is 4.18. The summed E-state index contributed by atoms with van der Waals surface area (Å²) in [6.07, 6.45) is 0. The summed E-state index contributed by atoms with van der Waals surface area (Å²) in [5, 5.41) is 3.07. The second-order valence-electron chi connectivity index (χ2n) is 2.00. The minimum atomic E-state index is 0.968. The number of nitrogens with one attached hydrogen (secondary N) is 1. The molecule has 2 heterocycles. The number of aliphatic imine (C=N–C) groups is 1. The van der Waals surface area contributed by atoms with Gasteiger partial charge in [0, 0.05) is 13.1 Å². The molecule has 1 radical (unpaired) electrons. The number of nitrogens with zero attached hydrogens (tertiary/aromatic N) is 2. The van der Waals surface area contributed by atoms with Gasteiger partial charge < -0.3 is 10.2 Å². The minimum absolute atomic E-state index is 0.968. The van der Waals surface area contributed by atoms with E-state index in [9.17, 15) is 0 Å². The molecule has 0 saturated carbocycles. The van der Waals surface area contributed by atoms with Crippen LogP contribution in [0.2, 0.25) is 0 Å². The van der Waals surface area contributed by atoms with E-state index in [0.29, 0.717) is 0 Å². The Morgan fingerprint density at radius 1 is 1.75 bits per heavy atom. The average molecular weight is 110 g/mol. The first-order chi connectivity index (χ1) is 3.97. The molecule has 8 heavy (non-hydrogen) atoms. The predicted octanol–water partition coefficient (Wildman–Crippen LogP) is -0.577. The van der Waals surface area contributed by atoms with Crippen molar-refractivity contribution < 1.29 is 0 Å². The molecule has 0 aliphatic carbocycles. The van der Waals surface area contributed by atoms with Crippen LogP contribution in [0.4, 0.5) is 0 Å². The van der Waals surface area contributed by atoms with Crippen molar-refractivity contribution in [2.75, 3.05) is 19.6 Å². The summed E-state index contributed by atoms with van der Waals surface area (Å²) >= 11 is 0. The van der Waals surface area contributed by atoms with Gasteiger partial charge in [0.2, 0.25) is 0 Å². The van der Waals surface area contributed by atoms with Crippen LogP contribution < -0.4 is 5.32 Å². The summed E-state index contributed by atoms with van der Waals surface area (Å²) in [5.41, 5.74) is 0. The molecule has 2 aliphatic heterocycles. The van der Waals surface area contributed by atoms with Gasteiger partial charge in [-0.2, -0.15) is 0 Å². The van der Waals surface area contributed by atoms with E-state index in [1.165, 1.54) is 0 Å². The molecule has 0 spiro atoms. The quantitative estimate of drug-likeness (QED) is 0.452. The van der Waals surface area contributed by atoms with E-state index in [1.54, 1.807) is 0 Å². The summed E-state index contributed by atoms with van der Waals surface area (Å²) in [6, 6.07) is 0. The van der Waals surface area contributed by atoms with E-state index in [1.807, 2.05) is 6.54 Å². The topological polar surface area (TPSA) is 27.6 Å². The summed E-state index contributed by atoms with van der Waals surface area (Å²) in [5.74, 6) is 1.06. The smallest absolute Gasteiger partial charge is 0.194 e. The first-order valence-corrected chi connectivity index (χ1v) is 2.84. The average Bonchev–Trinajstić information content (AvgIpc) is 2.15. The molecule has 0 aromatic rings. The zero-order chi connectivity index (χ0) is 5.40. The molecule has 0 aromatic heterocycles. The van der Waals surface area contributed by atoms with Gasteiger partial charge in [-0.3, -0.25) is 4.99 Å². The molecule has 2 aliphatic rings. The maximum absolute atomic E-state index is 4.20. The number of hydrogen-bond donors (Lipinski definition) is 1. The van der Waals surface area contributed by atoms with Crippen molar-refractivity contribution in [3.63, 3.8) is 0 Å². The Morgan fingerprint density at radius 2 is 2.75 bits per heavy atom. The molecule has 1 saturated heterocycles. The summed E-state index contributed by atoms with van der Waals surface area (Å²) < 4.78 is 0. The molecule has 3 heteroatoms. The van der Waals surface area contributed by atoms with Gasteiger partial charge >= 0.3 is 0 Å². The number of hydrogen-bond acceptors (Lipinski definition) is 3. The third-order valence-corrected chi connectivity index (χ3v) is 1.47. The number of guanidine groups is 1. The van der Waals surface area contributed by atoms with Crippen molar-refractivity contribution >= 4 is 5.96 Å². The van der Waals surface area contributed by atoms with Gasteiger partial charge in [0.15, 0.2) is 5.96 Å². The molecular weight excluding hydrogens is 102 g/mol. The van der Waals surface area contributed by atoms with Crippen molar-refractivity contribution in [1.29, 1.82) is 0 Å². The minimum Gasteiger partial charge on any atom is -0.350 e. The molecule has 1 N–H and O–H groups in total. The highest BCUT2D eigenvalue weighted by atomic mass is 15.4. The van der Waals surface area contributed by atoms with Crippen molar-refractivity contribution in [2.24, 2.45) is 4.99 Å². The molecule has 0 amide bonds. The highest BCUT2D eigenvalue weighted by Crippen LogP contribution is 2.04. The lowest BCUT2D eigenvalue weighted by Gasteiger charge is -2.06. The fraction of sp³-hybridized carbons (Fsp3) is 0.600. The first-order valence-electron chi connectivity index (χ1n) is 2.84. The maximum atomic E-state index is 4.20. The van der Waals surface area contributed by atoms with Crippen LogP contribution >= 0.6 is 0 Å². The Labute approximate surface area is 48.4 Å². The second kappa shape index (κ2) is 1.37. The lowest BCUT2D eigenvalue weighted by molar-refractivity contribution is 0.517. The maximum Gasteiger partial charge on any atom is 0.194 e. The largest absolute Gasteiger partial charge is 0.350 e. The third-order valence-electron chi connectivity index (χ3n) is 1.47. The Kier molecular flexibility index (Phi) is 0.716. The summed E-state index contributed by atoms with van der Waals surface area (Å²) in [6.45, 7) is 5.12. The Balaban J connectivity index is 2.20. The number of rotatable bonds is 0. The van der Waals surface area contributed by atoms with Crippen LogP contribution in [0.5, 0.6) is 0 Å². The van der Waals surface area contributed by atoms with Crippen LogP contribution in [0.15, 0.2) is 4.99 Å². The lowest BCUT2D eigenvalue weighted by atomic mass is 10.6. The van der Waals surface area contributed by atoms with Gasteiger partial charge in [0.25, 0.3) is 0 Å². The molecule has 3 nitrogen and oxygen atoms in total. The van der Waals surface area contributed by atoms with Gasteiger partial charge in [0.05, 0.1) is 13.1 Å². The normalized spacial score (nSPS) is 25.0. The molecule has 43 valence electrons. The van der Waals surface area contributed by atoms with E-state index >= 15 is 0 Å². The van der Waals surface area contributed by atoms with E-state index in [0.717, 1.165) is 25.6 Å². The summed E-state index contributed by atoms with van der Waals surface area (Å²) in [7, 11) is 0. The van der Waals surface area contributed by atoms with Crippen molar-refractivity contribution in [1.82, 2.24) is 10.2 Å². The van der Waals surface area contributed by atoms with Gasteiger partial charge in [-0.05, 0) is 0 Å². The molecule has 0 bridgehead atoms. The van der Waals surface area contributed by atoms with Crippen LogP contribution in [-0.2, 0) is 0 Å². The lowest BCUT2D eigenvalue weighted by Crippen LogP contribution is -2.25. The van der Waals surface area contributed by atoms with Gasteiger partial charge in [-0.15, -0.1) is 0 Å². The van der Waals surface area contributed by atoms with E-state index in [-0.39, 0.29) is 0 Å². The fourth-order valence-corrected chi connectivity index (χ4v) is 1.04. The highest BCUT2D eigenvalue weighted by Gasteiger charge is 2.20. The van der Waals surface area contributed by atoms with Crippen LogP contribution in [0.3, 0.4) is 0 Å². The van der Waals surface area contributed by atoms with Gasteiger partial charge in [-0.25, -0.2) is 0 Å².